The summed E-state index contributed by atoms with van der Waals surface area (Å²) in [5, 5.41) is 6.01. The fraction of sp³-hybridized carbons (Fsp3) is 0.600. The van der Waals surface area contributed by atoms with Crippen LogP contribution in [0.4, 0.5) is 0 Å². The normalized spacial score (nSPS) is 11.1. The number of hydrazone groups is 1. The van der Waals surface area contributed by atoms with Crippen molar-refractivity contribution in [2.75, 3.05) is 0 Å². The Kier molecular flexibility index (Phi) is 8.14. The van der Waals surface area contributed by atoms with Gasteiger partial charge in [-0.25, -0.2) is 5.43 Å². The Morgan fingerprint density at radius 3 is 2.74 bits per heavy atom. The maximum absolute atomic E-state index is 11.5. The lowest BCUT2D eigenvalue weighted by Gasteiger charge is -2.00. The van der Waals surface area contributed by atoms with Crippen LogP contribution in [0.2, 0.25) is 0 Å². The predicted octanol–water partition coefficient (Wildman–Crippen LogP) is 4.26. The highest BCUT2D eigenvalue weighted by molar-refractivity contribution is 7.11. The average molecular weight is 280 g/mol. The number of rotatable bonds is 9. The maximum Gasteiger partial charge on any atom is 0.240 e. The highest BCUT2D eigenvalue weighted by Gasteiger charge is 1.99. The van der Waals surface area contributed by atoms with Gasteiger partial charge in [0, 0.05) is 11.3 Å². The van der Waals surface area contributed by atoms with Crippen molar-refractivity contribution < 1.29 is 4.79 Å². The van der Waals surface area contributed by atoms with Gasteiger partial charge in [0.05, 0.1) is 6.21 Å². The van der Waals surface area contributed by atoms with E-state index >= 15 is 0 Å². The van der Waals surface area contributed by atoms with Crippen molar-refractivity contribution in [2.45, 2.75) is 58.8 Å². The molecule has 4 heteroatoms. The van der Waals surface area contributed by atoms with Crippen LogP contribution in [0.15, 0.2) is 16.5 Å². The zero-order valence-electron chi connectivity index (χ0n) is 11.9. The summed E-state index contributed by atoms with van der Waals surface area (Å²) in [5.41, 5.74) is 3.78. The van der Waals surface area contributed by atoms with Crippen LogP contribution in [0.3, 0.4) is 0 Å². The van der Waals surface area contributed by atoms with E-state index in [0.29, 0.717) is 6.42 Å². The Bertz CT molecular complexity index is 399. The number of nitrogens with zero attached hydrogens (tertiary/aromatic N) is 1. The summed E-state index contributed by atoms with van der Waals surface area (Å²) >= 11 is 1.63. The summed E-state index contributed by atoms with van der Waals surface area (Å²) in [6, 6.07) is 2.05. The van der Waals surface area contributed by atoms with Gasteiger partial charge in [-0.3, -0.25) is 4.79 Å². The number of carbonyl (C=O) groups excluding carboxylic acids is 1. The molecule has 0 aromatic carbocycles. The molecule has 0 saturated carbocycles. The quantitative estimate of drug-likeness (QED) is 0.410. The van der Waals surface area contributed by atoms with Crippen LogP contribution in [0.25, 0.3) is 0 Å². The molecule has 1 amide bonds. The van der Waals surface area contributed by atoms with Gasteiger partial charge in [-0.05, 0) is 30.4 Å². The van der Waals surface area contributed by atoms with Crippen LogP contribution < -0.4 is 5.43 Å². The zero-order chi connectivity index (χ0) is 13.9. The SMILES string of the molecule is CCCCCCCCC(=O)N/N=C\c1sccc1C. The number of nitrogens with one attached hydrogen (secondary N) is 1. The Labute approximate surface area is 120 Å². The minimum atomic E-state index is 0.0148. The molecule has 0 unspecified atom stereocenters. The van der Waals surface area contributed by atoms with E-state index < -0.39 is 0 Å². The number of amides is 1. The van der Waals surface area contributed by atoms with Crippen molar-refractivity contribution in [3.05, 3.63) is 21.9 Å². The van der Waals surface area contributed by atoms with E-state index in [0.717, 1.165) is 17.7 Å². The first-order chi connectivity index (χ1) is 9.24. The van der Waals surface area contributed by atoms with E-state index in [1.165, 1.54) is 31.2 Å². The summed E-state index contributed by atoms with van der Waals surface area (Å²) < 4.78 is 0. The Hall–Kier alpha value is -1.16. The molecular formula is C15H24N2OS. The standard InChI is InChI=1S/C15H24N2OS/c1-3-4-5-6-7-8-9-15(18)17-16-12-14-13(2)10-11-19-14/h10-12H,3-9H2,1-2H3,(H,17,18)/b16-12-. The molecule has 1 aromatic heterocycles. The minimum absolute atomic E-state index is 0.0148. The summed E-state index contributed by atoms with van der Waals surface area (Å²) in [7, 11) is 0. The fourth-order valence-electron chi connectivity index (χ4n) is 1.80. The van der Waals surface area contributed by atoms with Gasteiger partial charge in [0.15, 0.2) is 0 Å². The molecule has 106 valence electrons. The number of unbranched alkanes of at least 4 members (excludes halogenated alkanes) is 5. The van der Waals surface area contributed by atoms with Gasteiger partial charge < -0.3 is 0 Å². The second-order valence-corrected chi connectivity index (χ2v) is 5.73. The highest BCUT2D eigenvalue weighted by atomic mass is 32.1. The topological polar surface area (TPSA) is 41.5 Å². The van der Waals surface area contributed by atoms with Gasteiger partial charge >= 0.3 is 0 Å². The largest absolute Gasteiger partial charge is 0.273 e. The molecule has 0 spiro atoms. The highest BCUT2D eigenvalue weighted by Crippen LogP contribution is 2.12. The lowest BCUT2D eigenvalue weighted by molar-refractivity contribution is -0.121. The van der Waals surface area contributed by atoms with Crippen molar-refractivity contribution in [1.82, 2.24) is 5.43 Å². The minimum Gasteiger partial charge on any atom is -0.273 e. The monoisotopic (exact) mass is 280 g/mol. The zero-order valence-corrected chi connectivity index (χ0v) is 12.8. The van der Waals surface area contributed by atoms with Crippen LogP contribution in [-0.4, -0.2) is 12.1 Å². The number of hydrogen-bond donors (Lipinski definition) is 1. The molecule has 0 aliphatic heterocycles. The Balaban J connectivity index is 2.08. The molecule has 0 bridgehead atoms. The van der Waals surface area contributed by atoms with Crippen molar-refractivity contribution in [1.29, 1.82) is 0 Å². The molecule has 0 atom stereocenters. The van der Waals surface area contributed by atoms with Gasteiger partial charge in [0.1, 0.15) is 0 Å². The summed E-state index contributed by atoms with van der Waals surface area (Å²) in [6.45, 7) is 4.25. The van der Waals surface area contributed by atoms with Crippen molar-refractivity contribution in [3.8, 4) is 0 Å². The van der Waals surface area contributed by atoms with Gasteiger partial charge in [-0.15, -0.1) is 11.3 Å². The van der Waals surface area contributed by atoms with Gasteiger partial charge in [0.25, 0.3) is 0 Å². The molecule has 3 nitrogen and oxygen atoms in total. The van der Waals surface area contributed by atoms with Crippen LogP contribution in [0, 0.1) is 6.92 Å². The van der Waals surface area contributed by atoms with Gasteiger partial charge in [0.2, 0.25) is 5.91 Å². The molecule has 19 heavy (non-hydrogen) atoms. The van der Waals surface area contributed by atoms with Crippen molar-refractivity contribution >= 4 is 23.5 Å². The van der Waals surface area contributed by atoms with Crippen LogP contribution >= 0.6 is 11.3 Å². The van der Waals surface area contributed by atoms with Gasteiger partial charge in [-0.2, -0.15) is 5.10 Å². The number of aryl methyl sites for hydroxylation is 1. The van der Waals surface area contributed by atoms with Crippen LogP contribution in [-0.2, 0) is 4.79 Å². The second kappa shape index (κ2) is 9.73. The third-order valence-electron chi connectivity index (χ3n) is 3.03. The summed E-state index contributed by atoms with van der Waals surface area (Å²) in [5.74, 6) is 0.0148. The smallest absolute Gasteiger partial charge is 0.240 e. The molecule has 0 saturated heterocycles. The Morgan fingerprint density at radius 2 is 2.05 bits per heavy atom. The second-order valence-electron chi connectivity index (χ2n) is 4.78. The van der Waals surface area contributed by atoms with E-state index in [2.05, 4.69) is 17.5 Å². The molecule has 1 N–H and O–H groups in total. The van der Waals surface area contributed by atoms with E-state index in [1.807, 2.05) is 18.4 Å². The first kappa shape index (κ1) is 15.9. The van der Waals surface area contributed by atoms with E-state index in [1.54, 1.807) is 17.6 Å². The lowest BCUT2D eigenvalue weighted by atomic mass is 10.1. The fourth-order valence-corrected chi connectivity index (χ4v) is 2.59. The summed E-state index contributed by atoms with van der Waals surface area (Å²) in [6.07, 6.45) is 9.48. The predicted molar refractivity (Wildman–Crippen MR) is 82.8 cm³/mol. The first-order valence-electron chi connectivity index (χ1n) is 7.10. The molecule has 0 fully saturated rings. The molecule has 1 rings (SSSR count). The Morgan fingerprint density at radius 1 is 1.32 bits per heavy atom. The number of carbonyl (C=O) groups is 1. The molecule has 1 heterocycles. The van der Waals surface area contributed by atoms with E-state index in [9.17, 15) is 4.79 Å². The number of hydrogen-bond acceptors (Lipinski definition) is 3. The van der Waals surface area contributed by atoms with E-state index in [4.69, 9.17) is 0 Å². The maximum atomic E-state index is 11.5. The first-order valence-corrected chi connectivity index (χ1v) is 7.98. The van der Waals surface area contributed by atoms with E-state index in [-0.39, 0.29) is 5.91 Å². The lowest BCUT2D eigenvalue weighted by Crippen LogP contribution is -2.16. The molecule has 0 aliphatic carbocycles. The molecule has 0 aliphatic rings. The van der Waals surface area contributed by atoms with Crippen molar-refractivity contribution in [3.63, 3.8) is 0 Å². The third-order valence-corrected chi connectivity index (χ3v) is 3.98. The third kappa shape index (κ3) is 7.11. The molecule has 0 radical (unpaired) electrons. The molecular weight excluding hydrogens is 256 g/mol. The molecule has 1 aromatic rings. The number of thiophene rings is 1. The van der Waals surface area contributed by atoms with Crippen molar-refractivity contribution in [2.24, 2.45) is 5.10 Å². The van der Waals surface area contributed by atoms with Crippen LogP contribution in [0.1, 0.15) is 62.3 Å². The van der Waals surface area contributed by atoms with Gasteiger partial charge in [-0.1, -0.05) is 39.0 Å². The average Bonchev–Trinajstić information content (AvgIpc) is 2.79. The van der Waals surface area contributed by atoms with Crippen LogP contribution in [0.5, 0.6) is 0 Å². The summed E-state index contributed by atoms with van der Waals surface area (Å²) in [4.78, 5) is 12.6.